The number of esters is 1. The highest BCUT2D eigenvalue weighted by atomic mass is 16.6. The van der Waals surface area contributed by atoms with Crippen LogP contribution in [-0.4, -0.2) is 31.7 Å². The standard InChI is InChI=1S/C21H23NO5/c1-14(21(24)22-17-7-10-18(25-2)11-8-17)27-20(23)13-26-19-9-6-15-4-3-5-16(15)12-19/h6-12,14H,3-5,13H2,1-2H3,(H,22,24)/t14-/m0/s1. The highest BCUT2D eigenvalue weighted by Gasteiger charge is 2.19. The van der Waals surface area contributed by atoms with Crippen LogP contribution in [0.5, 0.6) is 11.5 Å². The first kappa shape index (κ1) is 18.8. The third-order valence-corrected chi connectivity index (χ3v) is 4.46. The van der Waals surface area contributed by atoms with Crippen LogP contribution in [-0.2, 0) is 27.2 Å². The Hall–Kier alpha value is -3.02. The van der Waals surface area contributed by atoms with Crippen molar-refractivity contribution in [1.82, 2.24) is 0 Å². The highest BCUT2D eigenvalue weighted by Crippen LogP contribution is 2.26. The summed E-state index contributed by atoms with van der Waals surface area (Å²) in [6.45, 7) is 1.28. The molecule has 1 atom stereocenters. The van der Waals surface area contributed by atoms with Gasteiger partial charge < -0.3 is 19.5 Å². The third-order valence-electron chi connectivity index (χ3n) is 4.46. The lowest BCUT2D eigenvalue weighted by molar-refractivity contribution is -0.155. The van der Waals surface area contributed by atoms with Crippen LogP contribution < -0.4 is 14.8 Å². The molecule has 0 aliphatic heterocycles. The van der Waals surface area contributed by atoms with Gasteiger partial charge in [0.25, 0.3) is 5.91 Å². The summed E-state index contributed by atoms with van der Waals surface area (Å²) in [6, 6.07) is 12.7. The van der Waals surface area contributed by atoms with Crippen molar-refractivity contribution in [3.05, 3.63) is 53.6 Å². The summed E-state index contributed by atoms with van der Waals surface area (Å²) in [4.78, 5) is 24.1. The van der Waals surface area contributed by atoms with Crippen molar-refractivity contribution in [1.29, 1.82) is 0 Å². The minimum atomic E-state index is -0.928. The van der Waals surface area contributed by atoms with Crippen LogP contribution in [0.3, 0.4) is 0 Å². The molecular weight excluding hydrogens is 346 g/mol. The van der Waals surface area contributed by atoms with Gasteiger partial charge in [-0.05, 0) is 73.7 Å². The van der Waals surface area contributed by atoms with Gasteiger partial charge in [0.05, 0.1) is 7.11 Å². The molecule has 0 spiro atoms. The number of fused-ring (bicyclic) bond motifs is 1. The van der Waals surface area contributed by atoms with E-state index in [0.29, 0.717) is 17.2 Å². The van der Waals surface area contributed by atoms with Gasteiger partial charge in [-0.25, -0.2) is 4.79 Å². The molecule has 27 heavy (non-hydrogen) atoms. The Morgan fingerprint density at radius 1 is 1.04 bits per heavy atom. The van der Waals surface area contributed by atoms with Crippen molar-refractivity contribution in [2.75, 3.05) is 19.0 Å². The summed E-state index contributed by atoms with van der Waals surface area (Å²) in [5.41, 5.74) is 3.21. The molecular formula is C21H23NO5. The van der Waals surface area contributed by atoms with Gasteiger partial charge in [0.2, 0.25) is 0 Å². The molecule has 0 radical (unpaired) electrons. The first-order chi connectivity index (χ1) is 13.0. The molecule has 1 amide bonds. The minimum absolute atomic E-state index is 0.237. The summed E-state index contributed by atoms with van der Waals surface area (Å²) >= 11 is 0. The number of ether oxygens (including phenoxy) is 3. The van der Waals surface area contributed by atoms with E-state index in [9.17, 15) is 9.59 Å². The van der Waals surface area contributed by atoms with Gasteiger partial charge in [-0.2, -0.15) is 0 Å². The van der Waals surface area contributed by atoms with Crippen LogP contribution in [0.4, 0.5) is 5.69 Å². The van der Waals surface area contributed by atoms with Gasteiger partial charge in [-0.1, -0.05) is 6.07 Å². The Balaban J connectivity index is 1.45. The lowest BCUT2D eigenvalue weighted by Crippen LogP contribution is -2.31. The van der Waals surface area contributed by atoms with E-state index in [1.165, 1.54) is 18.1 Å². The summed E-state index contributed by atoms with van der Waals surface area (Å²) in [5, 5.41) is 2.69. The van der Waals surface area contributed by atoms with Gasteiger partial charge >= 0.3 is 5.97 Å². The minimum Gasteiger partial charge on any atom is -0.497 e. The van der Waals surface area contributed by atoms with Crippen LogP contribution in [0.2, 0.25) is 0 Å². The van der Waals surface area contributed by atoms with Gasteiger partial charge in [-0.15, -0.1) is 0 Å². The molecule has 3 rings (SSSR count). The second-order valence-corrected chi connectivity index (χ2v) is 6.42. The first-order valence-electron chi connectivity index (χ1n) is 8.94. The average Bonchev–Trinajstić information content (AvgIpc) is 3.14. The summed E-state index contributed by atoms with van der Waals surface area (Å²) in [7, 11) is 1.57. The zero-order chi connectivity index (χ0) is 19.2. The normalized spacial score (nSPS) is 13.4. The van der Waals surface area contributed by atoms with Crippen molar-refractivity contribution >= 4 is 17.6 Å². The molecule has 0 fully saturated rings. The molecule has 0 aromatic heterocycles. The van der Waals surface area contributed by atoms with E-state index < -0.39 is 18.0 Å². The fourth-order valence-corrected chi connectivity index (χ4v) is 2.98. The number of benzene rings is 2. The quantitative estimate of drug-likeness (QED) is 0.759. The number of amides is 1. The number of aryl methyl sites for hydroxylation is 2. The maximum Gasteiger partial charge on any atom is 0.344 e. The van der Waals surface area contributed by atoms with Gasteiger partial charge in [0.1, 0.15) is 11.5 Å². The zero-order valence-electron chi connectivity index (χ0n) is 15.5. The third kappa shape index (κ3) is 5.00. The molecule has 1 N–H and O–H groups in total. The Labute approximate surface area is 158 Å². The first-order valence-corrected chi connectivity index (χ1v) is 8.94. The van der Waals surface area contributed by atoms with Crippen LogP contribution in [0.15, 0.2) is 42.5 Å². The van der Waals surface area contributed by atoms with E-state index in [1.54, 1.807) is 31.4 Å². The maximum atomic E-state index is 12.1. The zero-order valence-corrected chi connectivity index (χ0v) is 15.5. The summed E-state index contributed by atoms with van der Waals surface area (Å²) < 4.78 is 15.7. The van der Waals surface area contributed by atoms with Crippen molar-refractivity contribution in [3.63, 3.8) is 0 Å². The molecule has 6 nitrogen and oxygen atoms in total. The lowest BCUT2D eigenvalue weighted by atomic mass is 10.1. The Bertz CT molecular complexity index is 816. The van der Waals surface area contributed by atoms with Crippen molar-refractivity contribution in [2.45, 2.75) is 32.3 Å². The molecule has 6 heteroatoms. The number of carbonyl (C=O) groups excluding carboxylic acids is 2. The predicted molar refractivity (Wildman–Crippen MR) is 101 cm³/mol. The van der Waals surface area contributed by atoms with Crippen LogP contribution in [0.25, 0.3) is 0 Å². The number of nitrogens with one attached hydrogen (secondary N) is 1. The second kappa shape index (κ2) is 8.58. The number of methoxy groups -OCH3 is 1. The van der Waals surface area contributed by atoms with Crippen LogP contribution in [0.1, 0.15) is 24.5 Å². The monoisotopic (exact) mass is 369 g/mol. The number of anilines is 1. The smallest absolute Gasteiger partial charge is 0.344 e. The predicted octanol–water partition coefficient (Wildman–Crippen LogP) is 3.13. The number of hydrogen-bond acceptors (Lipinski definition) is 5. The van der Waals surface area contributed by atoms with Crippen molar-refractivity contribution < 1.29 is 23.8 Å². The molecule has 1 aliphatic carbocycles. The van der Waals surface area contributed by atoms with Crippen LogP contribution in [0, 0.1) is 0 Å². The summed E-state index contributed by atoms with van der Waals surface area (Å²) in [5.74, 6) is 0.332. The SMILES string of the molecule is COc1ccc(NC(=O)[C@H](C)OC(=O)COc2ccc3c(c2)CCC3)cc1. The van der Waals surface area contributed by atoms with Gasteiger partial charge in [-0.3, -0.25) is 4.79 Å². The number of rotatable bonds is 7. The fourth-order valence-electron chi connectivity index (χ4n) is 2.98. The highest BCUT2D eigenvalue weighted by molar-refractivity contribution is 5.95. The fraction of sp³-hybridized carbons (Fsp3) is 0.333. The van der Waals surface area contributed by atoms with Gasteiger partial charge in [0.15, 0.2) is 12.7 Å². The molecule has 0 unspecified atom stereocenters. The molecule has 0 saturated carbocycles. The molecule has 142 valence electrons. The van der Waals surface area contributed by atoms with E-state index in [1.807, 2.05) is 18.2 Å². The van der Waals surface area contributed by atoms with Crippen molar-refractivity contribution in [2.24, 2.45) is 0 Å². The van der Waals surface area contributed by atoms with E-state index in [-0.39, 0.29) is 6.61 Å². The van der Waals surface area contributed by atoms with E-state index in [2.05, 4.69) is 5.32 Å². The van der Waals surface area contributed by atoms with Gasteiger partial charge in [0, 0.05) is 5.69 Å². The van der Waals surface area contributed by atoms with E-state index in [0.717, 1.165) is 19.3 Å². The largest absolute Gasteiger partial charge is 0.497 e. The number of carbonyl (C=O) groups is 2. The Kier molecular flexibility index (Phi) is 5.96. The maximum absolute atomic E-state index is 12.1. The van der Waals surface area contributed by atoms with Crippen LogP contribution >= 0.6 is 0 Å². The van der Waals surface area contributed by atoms with Crippen molar-refractivity contribution in [3.8, 4) is 11.5 Å². The molecule has 2 aromatic carbocycles. The Morgan fingerprint density at radius 2 is 1.74 bits per heavy atom. The molecule has 0 heterocycles. The molecule has 0 saturated heterocycles. The molecule has 0 bridgehead atoms. The van der Waals surface area contributed by atoms with E-state index >= 15 is 0 Å². The molecule has 1 aliphatic rings. The summed E-state index contributed by atoms with van der Waals surface area (Å²) in [6.07, 6.45) is 2.36. The Morgan fingerprint density at radius 3 is 2.48 bits per heavy atom. The average molecular weight is 369 g/mol. The van der Waals surface area contributed by atoms with E-state index in [4.69, 9.17) is 14.2 Å². The topological polar surface area (TPSA) is 73.9 Å². The molecule has 2 aromatic rings. The lowest BCUT2D eigenvalue weighted by Gasteiger charge is -2.14. The second-order valence-electron chi connectivity index (χ2n) is 6.42. The number of hydrogen-bond donors (Lipinski definition) is 1.